The van der Waals surface area contributed by atoms with Crippen LogP contribution in [0.15, 0.2) is 24.3 Å². The van der Waals surface area contributed by atoms with Crippen LogP contribution < -0.4 is 0 Å². The first-order valence-corrected chi connectivity index (χ1v) is 9.80. The molecule has 1 aliphatic heterocycles. The van der Waals surface area contributed by atoms with Gasteiger partial charge in [0.15, 0.2) is 6.29 Å². The summed E-state index contributed by atoms with van der Waals surface area (Å²) < 4.78 is 28.8. The summed E-state index contributed by atoms with van der Waals surface area (Å²) in [4.78, 5) is 0. The smallest absolute Gasteiger partial charge is 0.186 e. The van der Waals surface area contributed by atoms with E-state index in [-0.39, 0.29) is 6.61 Å². The molecule has 0 amide bonds. The van der Waals surface area contributed by atoms with Gasteiger partial charge in [-0.15, -0.1) is 0 Å². The maximum Gasteiger partial charge on any atom is 0.186 e. The molecule has 1 heterocycles. The minimum atomic E-state index is -0.888. The molecule has 1 aromatic carbocycles. The molecule has 1 unspecified atom stereocenters. The fourth-order valence-corrected chi connectivity index (χ4v) is 3.06. The van der Waals surface area contributed by atoms with Crippen LogP contribution in [0.4, 0.5) is 0 Å². The van der Waals surface area contributed by atoms with Gasteiger partial charge in [0.25, 0.3) is 0 Å². The Balaban J connectivity index is 1.97. The van der Waals surface area contributed by atoms with E-state index < -0.39 is 30.7 Å². The van der Waals surface area contributed by atoms with Crippen LogP contribution in [0.5, 0.6) is 0 Å². The summed E-state index contributed by atoms with van der Waals surface area (Å²) in [6.07, 6.45) is -1.48. The largest absolute Gasteiger partial charge is 0.387 e. The third kappa shape index (κ3) is 6.24. The number of nitriles is 1. The Morgan fingerprint density at radius 3 is 2.29 bits per heavy atom. The second kappa shape index (κ2) is 12.1. The van der Waals surface area contributed by atoms with Gasteiger partial charge in [-0.25, -0.2) is 0 Å². The van der Waals surface area contributed by atoms with E-state index in [2.05, 4.69) is 6.07 Å². The Hall–Kier alpha value is -1.53. The highest BCUT2D eigenvalue weighted by atomic mass is 16.7. The summed E-state index contributed by atoms with van der Waals surface area (Å²) >= 11 is 0. The van der Waals surface area contributed by atoms with Gasteiger partial charge in [-0.05, 0) is 30.5 Å². The topological polar surface area (TPSA) is 90.2 Å². The standard InChI is InChI=1S/C21H31NO6/c1-4-10-26-19-18(23)17(28-21(24-3)20(19)27-11-5-2)14-25-13-16-8-6-15(12-22)7-9-16/h6-9,17-21,23H,4-5,10-11,13-14H2,1-3H3/t17-,18-,19+,20-,21?/m1/s1. The van der Waals surface area contributed by atoms with Gasteiger partial charge < -0.3 is 28.8 Å². The van der Waals surface area contributed by atoms with Crippen LogP contribution in [0.25, 0.3) is 0 Å². The molecule has 28 heavy (non-hydrogen) atoms. The lowest BCUT2D eigenvalue weighted by Crippen LogP contribution is -2.61. The monoisotopic (exact) mass is 393 g/mol. The molecule has 5 atom stereocenters. The van der Waals surface area contributed by atoms with Gasteiger partial charge in [-0.3, -0.25) is 0 Å². The first-order valence-electron chi connectivity index (χ1n) is 9.80. The summed E-state index contributed by atoms with van der Waals surface area (Å²) in [7, 11) is 1.55. The Morgan fingerprint density at radius 2 is 1.71 bits per heavy atom. The maximum atomic E-state index is 10.8. The number of hydrogen-bond donors (Lipinski definition) is 1. The van der Waals surface area contributed by atoms with Gasteiger partial charge in [0.1, 0.15) is 24.4 Å². The molecular formula is C21H31NO6. The number of hydrogen-bond acceptors (Lipinski definition) is 7. The van der Waals surface area contributed by atoms with E-state index in [9.17, 15) is 5.11 Å². The predicted octanol–water partition coefficient (Wildman–Crippen LogP) is 2.40. The molecule has 156 valence electrons. The zero-order chi connectivity index (χ0) is 20.4. The second-order valence-electron chi connectivity index (χ2n) is 6.76. The summed E-state index contributed by atoms with van der Waals surface area (Å²) in [5.74, 6) is 0. The van der Waals surface area contributed by atoms with Crippen LogP contribution in [0.3, 0.4) is 0 Å². The average molecular weight is 393 g/mol. The molecule has 1 fully saturated rings. The van der Waals surface area contributed by atoms with Crippen molar-refractivity contribution >= 4 is 0 Å². The van der Waals surface area contributed by atoms with Crippen LogP contribution in [-0.4, -0.2) is 62.7 Å². The normalized spacial score (nSPS) is 27.5. The van der Waals surface area contributed by atoms with Crippen LogP contribution in [0, 0.1) is 11.3 Å². The van der Waals surface area contributed by atoms with Crippen LogP contribution in [0.1, 0.15) is 37.8 Å². The van der Waals surface area contributed by atoms with Crippen LogP contribution in [-0.2, 0) is 30.3 Å². The van der Waals surface area contributed by atoms with E-state index in [1.54, 1.807) is 19.2 Å². The SMILES string of the molecule is CCCO[C@H]1[C@H](O)[C@@H](COCc2ccc(C#N)cc2)OC(OC)[C@@H]1OCCC. The fourth-order valence-electron chi connectivity index (χ4n) is 3.06. The van der Waals surface area contributed by atoms with Crippen molar-refractivity contribution in [3.05, 3.63) is 35.4 Å². The van der Waals surface area contributed by atoms with Gasteiger partial charge in [0.05, 0.1) is 24.8 Å². The van der Waals surface area contributed by atoms with E-state index >= 15 is 0 Å². The van der Waals surface area contributed by atoms with E-state index in [0.717, 1.165) is 18.4 Å². The fraction of sp³-hybridized carbons (Fsp3) is 0.667. The Bertz CT molecular complexity index is 602. The molecule has 1 saturated heterocycles. The molecule has 1 aliphatic rings. The zero-order valence-corrected chi connectivity index (χ0v) is 16.9. The molecule has 0 aliphatic carbocycles. The van der Waals surface area contributed by atoms with Crippen LogP contribution >= 0.6 is 0 Å². The van der Waals surface area contributed by atoms with Gasteiger partial charge in [0.2, 0.25) is 0 Å². The minimum Gasteiger partial charge on any atom is -0.387 e. The Labute approximate surface area is 167 Å². The van der Waals surface area contributed by atoms with Crippen molar-refractivity contribution in [1.29, 1.82) is 5.26 Å². The summed E-state index contributed by atoms with van der Waals surface area (Å²) in [5, 5.41) is 19.7. The summed E-state index contributed by atoms with van der Waals surface area (Å²) in [6, 6.07) is 9.26. The zero-order valence-electron chi connectivity index (χ0n) is 16.9. The van der Waals surface area contributed by atoms with Crippen molar-refractivity contribution in [3.8, 4) is 6.07 Å². The van der Waals surface area contributed by atoms with Crippen molar-refractivity contribution in [1.82, 2.24) is 0 Å². The number of rotatable bonds is 11. The molecule has 0 radical (unpaired) electrons. The molecular weight excluding hydrogens is 362 g/mol. The molecule has 2 rings (SSSR count). The van der Waals surface area contributed by atoms with Gasteiger partial charge in [-0.2, -0.15) is 5.26 Å². The van der Waals surface area contributed by atoms with Crippen LogP contribution in [0.2, 0.25) is 0 Å². The number of aliphatic hydroxyl groups is 1. The van der Waals surface area contributed by atoms with Crippen molar-refractivity contribution < 1.29 is 28.8 Å². The highest BCUT2D eigenvalue weighted by Gasteiger charge is 2.47. The number of ether oxygens (including phenoxy) is 5. The molecule has 7 nitrogen and oxygen atoms in total. The number of methoxy groups -OCH3 is 1. The molecule has 0 aromatic heterocycles. The van der Waals surface area contributed by atoms with E-state index in [4.69, 9.17) is 28.9 Å². The number of benzene rings is 1. The lowest BCUT2D eigenvalue weighted by molar-refractivity contribution is -0.312. The maximum absolute atomic E-state index is 10.8. The van der Waals surface area contributed by atoms with E-state index in [0.29, 0.717) is 25.4 Å². The average Bonchev–Trinajstić information content (AvgIpc) is 2.73. The number of aliphatic hydroxyl groups excluding tert-OH is 1. The van der Waals surface area contributed by atoms with Gasteiger partial charge in [0, 0.05) is 20.3 Å². The van der Waals surface area contributed by atoms with Crippen molar-refractivity contribution in [2.45, 2.75) is 64.0 Å². The van der Waals surface area contributed by atoms with Crippen molar-refractivity contribution in [2.24, 2.45) is 0 Å². The quantitative estimate of drug-likeness (QED) is 0.617. The third-order valence-electron chi connectivity index (χ3n) is 4.51. The third-order valence-corrected chi connectivity index (χ3v) is 4.51. The predicted molar refractivity (Wildman–Crippen MR) is 103 cm³/mol. The minimum absolute atomic E-state index is 0.188. The highest BCUT2D eigenvalue weighted by Crippen LogP contribution is 2.27. The Kier molecular flexibility index (Phi) is 9.85. The first-order chi connectivity index (χ1) is 13.6. The Morgan fingerprint density at radius 1 is 1.07 bits per heavy atom. The van der Waals surface area contributed by atoms with Crippen molar-refractivity contribution in [2.75, 3.05) is 26.9 Å². The molecule has 1 aromatic rings. The lowest BCUT2D eigenvalue weighted by Gasteiger charge is -2.43. The summed E-state index contributed by atoms with van der Waals surface area (Å²) in [6.45, 7) is 5.62. The second-order valence-corrected chi connectivity index (χ2v) is 6.76. The van der Waals surface area contributed by atoms with Gasteiger partial charge >= 0.3 is 0 Å². The van der Waals surface area contributed by atoms with E-state index in [1.807, 2.05) is 26.0 Å². The molecule has 1 N–H and O–H groups in total. The number of nitrogens with zero attached hydrogens (tertiary/aromatic N) is 1. The van der Waals surface area contributed by atoms with Gasteiger partial charge in [-0.1, -0.05) is 26.0 Å². The van der Waals surface area contributed by atoms with E-state index in [1.165, 1.54) is 0 Å². The summed E-state index contributed by atoms with van der Waals surface area (Å²) in [5.41, 5.74) is 1.54. The lowest BCUT2D eigenvalue weighted by atomic mass is 9.98. The first kappa shape index (κ1) is 22.8. The molecule has 0 spiro atoms. The highest BCUT2D eigenvalue weighted by molar-refractivity contribution is 5.31. The van der Waals surface area contributed by atoms with Crippen molar-refractivity contribution in [3.63, 3.8) is 0 Å². The molecule has 0 bridgehead atoms. The molecule has 7 heteroatoms. The molecule has 0 saturated carbocycles.